The molecule has 1 aliphatic carbocycles. The minimum Gasteiger partial charge on any atom is -0.496 e. The van der Waals surface area contributed by atoms with Crippen molar-refractivity contribution in [1.82, 2.24) is 5.32 Å². The molecule has 0 aliphatic heterocycles. The maximum absolute atomic E-state index is 5.27. The van der Waals surface area contributed by atoms with Crippen molar-refractivity contribution in [2.45, 2.75) is 38.6 Å². The molecule has 0 aromatic carbocycles. The molecular weight excluding hydrogens is 218 g/mol. The summed E-state index contributed by atoms with van der Waals surface area (Å²) in [6, 6.07) is 2.73. The second kappa shape index (κ2) is 5.69. The van der Waals surface area contributed by atoms with Gasteiger partial charge in [0.1, 0.15) is 5.75 Å². The Labute approximate surface area is 102 Å². The van der Waals surface area contributed by atoms with Crippen LogP contribution >= 0.6 is 11.3 Å². The molecule has 1 fully saturated rings. The Bertz CT molecular complexity index is 317. The van der Waals surface area contributed by atoms with E-state index < -0.39 is 0 Å². The third-order valence-electron chi connectivity index (χ3n) is 3.43. The van der Waals surface area contributed by atoms with Crippen molar-refractivity contribution in [3.05, 3.63) is 16.3 Å². The molecule has 1 N–H and O–H groups in total. The first-order chi connectivity index (χ1) is 7.85. The molecule has 1 aromatic rings. The Morgan fingerprint density at radius 3 is 2.81 bits per heavy atom. The average Bonchev–Trinajstić information content (AvgIpc) is 2.97. The molecule has 90 valence electrons. The highest BCUT2D eigenvalue weighted by molar-refractivity contribution is 7.10. The number of methoxy groups -OCH3 is 1. The maximum atomic E-state index is 5.27. The van der Waals surface area contributed by atoms with Gasteiger partial charge in [-0.3, -0.25) is 0 Å². The summed E-state index contributed by atoms with van der Waals surface area (Å²) < 4.78 is 5.27. The number of nitrogens with one attached hydrogen (secondary N) is 1. The third-order valence-corrected chi connectivity index (χ3v) is 4.43. The van der Waals surface area contributed by atoms with Gasteiger partial charge in [0, 0.05) is 16.3 Å². The van der Waals surface area contributed by atoms with E-state index in [0.717, 1.165) is 18.2 Å². The van der Waals surface area contributed by atoms with Crippen LogP contribution in [0.1, 0.15) is 43.5 Å². The number of ether oxygens (including phenoxy) is 1. The van der Waals surface area contributed by atoms with Crippen LogP contribution in [0.25, 0.3) is 0 Å². The predicted molar refractivity (Wildman–Crippen MR) is 69.2 cm³/mol. The Balaban J connectivity index is 2.10. The van der Waals surface area contributed by atoms with Crippen molar-refractivity contribution in [3.8, 4) is 5.75 Å². The smallest absolute Gasteiger partial charge is 0.129 e. The highest BCUT2D eigenvalue weighted by Gasteiger charge is 2.26. The van der Waals surface area contributed by atoms with E-state index in [1.807, 2.05) is 11.3 Å². The molecule has 2 rings (SSSR count). The van der Waals surface area contributed by atoms with Gasteiger partial charge in [0.15, 0.2) is 0 Å². The molecule has 1 aromatic heterocycles. The minimum atomic E-state index is 0.543. The van der Waals surface area contributed by atoms with E-state index >= 15 is 0 Å². The standard InChI is InChI=1S/C13H21NOS/c1-3-14-13(10-6-4-5-7-10)12-8-11(15-2)9-16-12/h8-10,13-14H,3-7H2,1-2H3. The van der Waals surface area contributed by atoms with Crippen molar-refractivity contribution >= 4 is 11.3 Å². The van der Waals surface area contributed by atoms with Gasteiger partial charge in [-0.05, 0) is 31.4 Å². The summed E-state index contributed by atoms with van der Waals surface area (Å²) in [6.45, 7) is 3.23. The molecule has 2 nitrogen and oxygen atoms in total. The van der Waals surface area contributed by atoms with Gasteiger partial charge in [0.2, 0.25) is 0 Å². The zero-order valence-electron chi connectivity index (χ0n) is 10.2. The van der Waals surface area contributed by atoms with Gasteiger partial charge in [-0.1, -0.05) is 19.8 Å². The average molecular weight is 239 g/mol. The Morgan fingerprint density at radius 2 is 2.25 bits per heavy atom. The lowest BCUT2D eigenvalue weighted by Gasteiger charge is -2.23. The normalized spacial score (nSPS) is 18.9. The summed E-state index contributed by atoms with van der Waals surface area (Å²) in [5, 5.41) is 5.74. The largest absolute Gasteiger partial charge is 0.496 e. The van der Waals surface area contributed by atoms with Crippen molar-refractivity contribution in [1.29, 1.82) is 0 Å². The lowest BCUT2D eigenvalue weighted by atomic mass is 9.97. The van der Waals surface area contributed by atoms with Crippen LogP contribution in [0.5, 0.6) is 5.75 Å². The SMILES string of the molecule is CCNC(c1cc(OC)cs1)C1CCCC1. The molecule has 0 bridgehead atoms. The van der Waals surface area contributed by atoms with Gasteiger partial charge in [-0.25, -0.2) is 0 Å². The van der Waals surface area contributed by atoms with Gasteiger partial charge in [-0.15, -0.1) is 11.3 Å². The fraction of sp³-hybridized carbons (Fsp3) is 0.692. The maximum Gasteiger partial charge on any atom is 0.129 e. The summed E-state index contributed by atoms with van der Waals surface area (Å²) in [5.41, 5.74) is 0. The van der Waals surface area contributed by atoms with Gasteiger partial charge < -0.3 is 10.1 Å². The first kappa shape index (κ1) is 11.9. The zero-order valence-corrected chi connectivity index (χ0v) is 11.0. The Kier molecular flexibility index (Phi) is 4.24. The van der Waals surface area contributed by atoms with Crippen LogP contribution in [0.2, 0.25) is 0 Å². The van der Waals surface area contributed by atoms with Crippen molar-refractivity contribution in [2.75, 3.05) is 13.7 Å². The van der Waals surface area contributed by atoms with Gasteiger partial charge in [0.05, 0.1) is 7.11 Å². The molecule has 1 aliphatic rings. The highest BCUT2D eigenvalue weighted by atomic mass is 32.1. The van der Waals surface area contributed by atoms with Crippen LogP contribution in [0.4, 0.5) is 0 Å². The van der Waals surface area contributed by atoms with E-state index in [4.69, 9.17) is 4.74 Å². The molecule has 3 heteroatoms. The molecule has 0 saturated heterocycles. The molecule has 1 heterocycles. The molecule has 1 saturated carbocycles. The summed E-state index contributed by atoms with van der Waals surface area (Å²) in [6.07, 6.45) is 5.54. The second-order valence-electron chi connectivity index (χ2n) is 4.47. The monoisotopic (exact) mass is 239 g/mol. The summed E-state index contributed by atoms with van der Waals surface area (Å²) in [4.78, 5) is 1.44. The third kappa shape index (κ3) is 2.58. The number of thiophene rings is 1. The predicted octanol–water partition coefficient (Wildman–Crippen LogP) is 3.60. The van der Waals surface area contributed by atoms with Crippen molar-refractivity contribution < 1.29 is 4.74 Å². The zero-order chi connectivity index (χ0) is 11.4. The van der Waals surface area contributed by atoms with Crippen LogP contribution in [0.15, 0.2) is 11.4 Å². The van der Waals surface area contributed by atoms with Gasteiger partial charge in [-0.2, -0.15) is 0 Å². The molecule has 0 spiro atoms. The first-order valence-electron chi connectivity index (χ1n) is 6.21. The molecule has 1 unspecified atom stereocenters. The minimum absolute atomic E-state index is 0.543. The van der Waals surface area contributed by atoms with Crippen LogP contribution in [0.3, 0.4) is 0 Å². The fourth-order valence-electron chi connectivity index (χ4n) is 2.61. The Morgan fingerprint density at radius 1 is 1.50 bits per heavy atom. The molecule has 16 heavy (non-hydrogen) atoms. The Hall–Kier alpha value is -0.540. The summed E-state index contributed by atoms with van der Waals surface area (Å²) in [5.74, 6) is 1.82. The van der Waals surface area contributed by atoms with E-state index in [1.54, 1.807) is 7.11 Å². The topological polar surface area (TPSA) is 21.3 Å². The summed E-state index contributed by atoms with van der Waals surface area (Å²) in [7, 11) is 1.74. The lowest BCUT2D eigenvalue weighted by Crippen LogP contribution is -2.26. The lowest BCUT2D eigenvalue weighted by molar-refractivity contribution is 0.377. The number of rotatable bonds is 5. The second-order valence-corrected chi connectivity index (χ2v) is 5.41. The van der Waals surface area contributed by atoms with Crippen LogP contribution < -0.4 is 10.1 Å². The van der Waals surface area contributed by atoms with E-state index in [9.17, 15) is 0 Å². The van der Waals surface area contributed by atoms with Crippen LogP contribution in [-0.4, -0.2) is 13.7 Å². The van der Waals surface area contributed by atoms with Crippen LogP contribution in [0, 0.1) is 5.92 Å². The van der Waals surface area contributed by atoms with Crippen LogP contribution in [-0.2, 0) is 0 Å². The molecule has 0 amide bonds. The van der Waals surface area contributed by atoms with Gasteiger partial charge >= 0.3 is 0 Å². The fourth-order valence-corrected chi connectivity index (χ4v) is 3.64. The molecule has 1 atom stereocenters. The van der Waals surface area contributed by atoms with E-state index in [2.05, 4.69) is 23.7 Å². The number of hydrogen-bond acceptors (Lipinski definition) is 3. The van der Waals surface area contributed by atoms with E-state index in [-0.39, 0.29) is 0 Å². The van der Waals surface area contributed by atoms with Gasteiger partial charge in [0.25, 0.3) is 0 Å². The summed E-state index contributed by atoms with van der Waals surface area (Å²) >= 11 is 1.82. The van der Waals surface area contributed by atoms with Crippen molar-refractivity contribution in [2.24, 2.45) is 5.92 Å². The van der Waals surface area contributed by atoms with Crippen molar-refractivity contribution in [3.63, 3.8) is 0 Å². The molecule has 0 radical (unpaired) electrons. The highest BCUT2D eigenvalue weighted by Crippen LogP contribution is 2.39. The van der Waals surface area contributed by atoms with E-state index in [0.29, 0.717) is 6.04 Å². The first-order valence-corrected chi connectivity index (χ1v) is 7.09. The number of hydrogen-bond donors (Lipinski definition) is 1. The molecular formula is C13H21NOS. The quantitative estimate of drug-likeness (QED) is 0.847. The van der Waals surface area contributed by atoms with E-state index in [1.165, 1.54) is 30.6 Å².